The Labute approximate surface area is 117 Å². The van der Waals surface area contributed by atoms with Crippen LogP contribution in [0.3, 0.4) is 0 Å². The van der Waals surface area contributed by atoms with Gasteiger partial charge in [0.05, 0.1) is 5.56 Å². The number of ketones is 1. The van der Waals surface area contributed by atoms with Crippen LogP contribution in [0.2, 0.25) is 0 Å². The van der Waals surface area contributed by atoms with Gasteiger partial charge in [0.15, 0.2) is 5.78 Å². The maximum atomic E-state index is 12.8. The monoisotopic (exact) mass is 261 g/mol. The Morgan fingerprint density at radius 3 is 2.55 bits per heavy atom. The minimum Gasteiger partial charge on any atom is -0.398 e. The van der Waals surface area contributed by atoms with Gasteiger partial charge in [0, 0.05) is 11.3 Å². The molecule has 2 N–H and O–H groups in total. The van der Waals surface area contributed by atoms with Crippen LogP contribution < -0.4 is 5.73 Å². The molecule has 3 aromatic rings. The molecule has 0 saturated carbocycles. The van der Waals surface area contributed by atoms with E-state index in [0.717, 1.165) is 16.3 Å². The summed E-state index contributed by atoms with van der Waals surface area (Å²) in [5.74, 6) is -0.0250. The van der Waals surface area contributed by atoms with Crippen LogP contribution >= 0.6 is 0 Å². The second-order valence-electron chi connectivity index (χ2n) is 4.95. The highest BCUT2D eigenvalue weighted by Crippen LogP contribution is 2.26. The van der Waals surface area contributed by atoms with Crippen LogP contribution in [0.15, 0.2) is 60.7 Å². The van der Waals surface area contributed by atoms with Crippen molar-refractivity contribution >= 4 is 22.2 Å². The Morgan fingerprint density at radius 1 is 0.950 bits per heavy atom. The standard InChI is InChI=1S/C18H15NO/c1-12-5-4-7-14(11-12)18(20)17-15-8-3-2-6-13(15)9-10-16(17)19/h2-11H,19H2,1H3. The second kappa shape index (κ2) is 4.82. The van der Waals surface area contributed by atoms with Crippen molar-refractivity contribution in [2.24, 2.45) is 0 Å². The van der Waals surface area contributed by atoms with Gasteiger partial charge in [0.25, 0.3) is 0 Å². The number of hydrogen-bond acceptors (Lipinski definition) is 2. The first kappa shape index (κ1) is 12.4. The Balaban J connectivity index is 2.24. The number of anilines is 1. The van der Waals surface area contributed by atoms with Gasteiger partial charge < -0.3 is 5.73 Å². The van der Waals surface area contributed by atoms with Gasteiger partial charge in [-0.3, -0.25) is 4.79 Å². The molecule has 0 heterocycles. The first-order valence-electron chi connectivity index (χ1n) is 6.55. The predicted molar refractivity (Wildman–Crippen MR) is 83.0 cm³/mol. The number of benzene rings is 3. The quantitative estimate of drug-likeness (QED) is 0.560. The highest BCUT2D eigenvalue weighted by molar-refractivity contribution is 6.19. The minimum atomic E-state index is -0.0250. The van der Waals surface area contributed by atoms with E-state index in [1.165, 1.54) is 0 Å². The summed E-state index contributed by atoms with van der Waals surface area (Å²) in [6.07, 6.45) is 0. The smallest absolute Gasteiger partial charge is 0.195 e. The summed E-state index contributed by atoms with van der Waals surface area (Å²) in [5, 5.41) is 1.93. The van der Waals surface area contributed by atoms with E-state index in [4.69, 9.17) is 5.73 Å². The molecule has 98 valence electrons. The average molecular weight is 261 g/mol. The largest absolute Gasteiger partial charge is 0.398 e. The molecule has 0 unspecified atom stereocenters. The number of nitrogen functional groups attached to an aromatic ring is 1. The Hall–Kier alpha value is -2.61. The zero-order chi connectivity index (χ0) is 14.1. The van der Waals surface area contributed by atoms with Crippen LogP contribution in [0.4, 0.5) is 5.69 Å². The molecule has 20 heavy (non-hydrogen) atoms. The van der Waals surface area contributed by atoms with E-state index >= 15 is 0 Å². The topological polar surface area (TPSA) is 43.1 Å². The van der Waals surface area contributed by atoms with E-state index in [1.807, 2.05) is 61.5 Å². The molecule has 0 radical (unpaired) electrons. The molecule has 0 aromatic heterocycles. The zero-order valence-electron chi connectivity index (χ0n) is 11.3. The normalized spacial score (nSPS) is 10.7. The third kappa shape index (κ3) is 2.05. The van der Waals surface area contributed by atoms with Crippen LogP contribution in [0.25, 0.3) is 10.8 Å². The van der Waals surface area contributed by atoms with Crippen molar-refractivity contribution in [1.29, 1.82) is 0 Å². The SMILES string of the molecule is Cc1cccc(C(=O)c2c(N)ccc3ccccc23)c1. The average Bonchev–Trinajstić information content (AvgIpc) is 2.46. The number of hydrogen-bond donors (Lipinski definition) is 1. The van der Waals surface area contributed by atoms with Gasteiger partial charge >= 0.3 is 0 Å². The van der Waals surface area contributed by atoms with Crippen LogP contribution in [0.1, 0.15) is 21.5 Å². The lowest BCUT2D eigenvalue weighted by Crippen LogP contribution is -2.06. The lowest BCUT2D eigenvalue weighted by molar-refractivity contribution is 0.104. The van der Waals surface area contributed by atoms with Crippen molar-refractivity contribution in [2.75, 3.05) is 5.73 Å². The molecule has 0 fully saturated rings. The lowest BCUT2D eigenvalue weighted by atomic mass is 9.95. The number of carbonyl (C=O) groups excluding carboxylic acids is 1. The van der Waals surface area contributed by atoms with Crippen molar-refractivity contribution in [3.8, 4) is 0 Å². The maximum Gasteiger partial charge on any atom is 0.195 e. The highest BCUT2D eigenvalue weighted by atomic mass is 16.1. The molecular formula is C18H15NO. The van der Waals surface area contributed by atoms with Gasteiger partial charge in [-0.2, -0.15) is 0 Å². The molecule has 0 amide bonds. The summed E-state index contributed by atoms with van der Waals surface area (Å²) in [6, 6.07) is 19.1. The summed E-state index contributed by atoms with van der Waals surface area (Å²) < 4.78 is 0. The summed E-state index contributed by atoms with van der Waals surface area (Å²) in [7, 11) is 0. The molecule has 0 saturated heterocycles. The molecule has 0 aliphatic heterocycles. The van der Waals surface area contributed by atoms with Gasteiger partial charge in [-0.05, 0) is 29.8 Å². The third-order valence-corrected chi connectivity index (χ3v) is 3.47. The first-order valence-corrected chi connectivity index (χ1v) is 6.55. The van der Waals surface area contributed by atoms with Gasteiger partial charge in [-0.25, -0.2) is 0 Å². The molecule has 2 nitrogen and oxygen atoms in total. The summed E-state index contributed by atoms with van der Waals surface area (Å²) in [4.78, 5) is 12.8. The molecule has 2 heteroatoms. The summed E-state index contributed by atoms with van der Waals surface area (Å²) >= 11 is 0. The van der Waals surface area contributed by atoms with Crippen LogP contribution in [0.5, 0.6) is 0 Å². The third-order valence-electron chi connectivity index (χ3n) is 3.47. The molecule has 3 aromatic carbocycles. The van der Waals surface area contributed by atoms with E-state index in [-0.39, 0.29) is 5.78 Å². The number of nitrogens with two attached hydrogens (primary N) is 1. The van der Waals surface area contributed by atoms with Crippen molar-refractivity contribution in [3.05, 3.63) is 77.4 Å². The van der Waals surface area contributed by atoms with Crippen molar-refractivity contribution in [2.45, 2.75) is 6.92 Å². The van der Waals surface area contributed by atoms with Gasteiger partial charge in [0.2, 0.25) is 0 Å². The van der Waals surface area contributed by atoms with E-state index in [0.29, 0.717) is 16.8 Å². The molecule has 0 bridgehead atoms. The van der Waals surface area contributed by atoms with Gasteiger partial charge in [-0.1, -0.05) is 54.1 Å². The molecule has 3 rings (SSSR count). The number of rotatable bonds is 2. The minimum absolute atomic E-state index is 0.0250. The van der Waals surface area contributed by atoms with E-state index in [2.05, 4.69) is 0 Å². The van der Waals surface area contributed by atoms with Crippen molar-refractivity contribution in [3.63, 3.8) is 0 Å². The number of fused-ring (bicyclic) bond motifs is 1. The Morgan fingerprint density at radius 2 is 1.75 bits per heavy atom. The molecular weight excluding hydrogens is 246 g/mol. The van der Waals surface area contributed by atoms with Gasteiger partial charge in [-0.15, -0.1) is 0 Å². The van der Waals surface area contributed by atoms with Crippen LogP contribution in [-0.2, 0) is 0 Å². The lowest BCUT2D eigenvalue weighted by Gasteiger charge is -2.09. The van der Waals surface area contributed by atoms with E-state index in [1.54, 1.807) is 6.07 Å². The zero-order valence-corrected chi connectivity index (χ0v) is 11.3. The van der Waals surface area contributed by atoms with Crippen molar-refractivity contribution in [1.82, 2.24) is 0 Å². The fourth-order valence-corrected chi connectivity index (χ4v) is 2.47. The predicted octanol–water partition coefficient (Wildman–Crippen LogP) is 3.96. The Kier molecular flexibility index (Phi) is 2.99. The maximum absolute atomic E-state index is 12.8. The summed E-state index contributed by atoms with van der Waals surface area (Å²) in [6.45, 7) is 1.98. The van der Waals surface area contributed by atoms with Crippen LogP contribution in [-0.4, -0.2) is 5.78 Å². The second-order valence-corrected chi connectivity index (χ2v) is 4.95. The van der Waals surface area contributed by atoms with Gasteiger partial charge in [0.1, 0.15) is 0 Å². The van der Waals surface area contributed by atoms with Crippen LogP contribution in [0, 0.1) is 6.92 Å². The molecule has 0 spiro atoms. The molecule has 0 aliphatic rings. The number of carbonyl (C=O) groups is 1. The van der Waals surface area contributed by atoms with E-state index in [9.17, 15) is 4.79 Å². The Bertz CT molecular complexity index is 805. The molecule has 0 atom stereocenters. The van der Waals surface area contributed by atoms with Crippen molar-refractivity contribution < 1.29 is 4.79 Å². The van der Waals surface area contributed by atoms with E-state index < -0.39 is 0 Å². The summed E-state index contributed by atoms with van der Waals surface area (Å²) in [5.41, 5.74) is 8.90. The number of aryl methyl sites for hydroxylation is 1. The fraction of sp³-hybridized carbons (Fsp3) is 0.0556. The highest BCUT2D eigenvalue weighted by Gasteiger charge is 2.15. The first-order chi connectivity index (χ1) is 9.66. The fourth-order valence-electron chi connectivity index (χ4n) is 2.47. The molecule has 0 aliphatic carbocycles.